The maximum Gasteiger partial charge on any atom is 0.205 e. The average molecular weight is 320 g/mol. The highest BCUT2D eigenvalue weighted by Gasteiger charge is 2.22. The second kappa shape index (κ2) is 7.46. The molecule has 8 heteroatoms. The maximum absolute atomic E-state index is 5.07. The van der Waals surface area contributed by atoms with E-state index in [1.54, 1.807) is 19.6 Å². The lowest BCUT2D eigenvalue weighted by atomic mass is 10.1. The first kappa shape index (κ1) is 15.1. The molecule has 0 saturated carbocycles. The predicted molar refractivity (Wildman–Crippen MR) is 86.4 cm³/mol. The summed E-state index contributed by atoms with van der Waals surface area (Å²) in [6.45, 7) is 2.61. The Labute approximate surface area is 133 Å². The molecule has 3 rings (SSSR count). The molecule has 7 nitrogen and oxygen atoms in total. The van der Waals surface area contributed by atoms with Crippen LogP contribution >= 0.6 is 11.5 Å². The van der Waals surface area contributed by atoms with Gasteiger partial charge in [0, 0.05) is 50.4 Å². The molecule has 1 unspecified atom stereocenters. The van der Waals surface area contributed by atoms with E-state index in [2.05, 4.69) is 29.5 Å². The molecule has 0 aromatic carbocycles. The summed E-state index contributed by atoms with van der Waals surface area (Å²) in [7, 11) is 1.70. The van der Waals surface area contributed by atoms with Gasteiger partial charge in [0.05, 0.1) is 6.61 Å². The van der Waals surface area contributed by atoms with Gasteiger partial charge in [-0.15, -0.1) is 0 Å². The summed E-state index contributed by atoms with van der Waals surface area (Å²) < 4.78 is 9.48. The zero-order valence-corrected chi connectivity index (χ0v) is 13.4. The van der Waals surface area contributed by atoms with E-state index in [1.807, 2.05) is 6.07 Å². The fraction of sp³-hybridized carbons (Fsp3) is 0.571. The molecule has 0 bridgehead atoms. The second-order valence-corrected chi connectivity index (χ2v) is 5.99. The van der Waals surface area contributed by atoms with Crippen molar-refractivity contribution in [3.05, 3.63) is 24.4 Å². The van der Waals surface area contributed by atoms with Gasteiger partial charge in [0.15, 0.2) is 0 Å². The number of piperidine rings is 1. The van der Waals surface area contributed by atoms with Crippen LogP contribution in [-0.4, -0.2) is 52.2 Å². The highest BCUT2D eigenvalue weighted by atomic mass is 32.1. The summed E-state index contributed by atoms with van der Waals surface area (Å²) in [6, 6.07) is 2.27. The van der Waals surface area contributed by atoms with E-state index in [4.69, 9.17) is 4.74 Å². The summed E-state index contributed by atoms with van der Waals surface area (Å²) >= 11 is 1.47. The third kappa shape index (κ3) is 3.89. The molecular formula is C14H20N6OS. The minimum absolute atomic E-state index is 0.370. The van der Waals surface area contributed by atoms with E-state index >= 15 is 0 Å². The Morgan fingerprint density at radius 3 is 3.27 bits per heavy atom. The fourth-order valence-electron chi connectivity index (χ4n) is 2.52. The molecule has 0 aliphatic carbocycles. The molecule has 1 fully saturated rings. The summed E-state index contributed by atoms with van der Waals surface area (Å²) in [5, 5.41) is 4.47. The lowest BCUT2D eigenvalue weighted by molar-refractivity contribution is 0.201. The lowest BCUT2D eigenvalue weighted by Gasteiger charge is -2.32. The third-order valence-electron chi connectivity index (χ3n) is 3.61. The Hall–Kier alpha value is -1.80. The van der Waals surface area contributed by atoms with Crippen LogP contribution < -0.4 is 10.2 Å². The van der Waals surface area contributed by atoms with Crippen molar-refractivity contribution in [2.45, 2.75) is 25.3 Å². The van der Waals surface area contributed by atoms with Gasteiger partial charge >= 0.3 is 0 Å². The van der Waals surface area contributed by atoms with Gasteiger partial charge in [-0.25, -0.2) is 15.0 Å². The van der Waals surface area contributed by atoms with Crippen LogP contribution in [0.2, 0.25) is 0 Å². The average Bonchev–Trinajstić information content (AvgIpc) is 3.03. The Morgan fingerprint density at radius 2 is 2.45 bits per heavy atom. The first-order chi connectivity index (χ1) is 10.8. The van der Waals surface area contributed by atoms with Crippen molar-refractivity contribution >= 4 is 22.5 Å². The van der Waals surface area contributed by atoms with Gasteiger partial charge in [0.25, 0.3) is 0 Å². The number of methoxy groups -OCH3 is 1. The van der Waals surface area contributed by atoms with Crippen molar-refractivity contribution in [1.82, 2.24) is 19.3 Å². The van der Waals surface area contributed by atoms with Gasteiger partial charge in [0.2, 0.25) is 5.13 Å². The Bertz CT molecular complexity index is 578. The summed E-state index contributed by atoms with van der Waals surface area (Å²) in [4.78, 5) is 15.1. The Morgan fingerprint density at radius 1 is 1.50 bits per heavy atom. The van der Waals surface area contributed by atoms with Crippen LogP contribution in [-0.2, 0) is 11.2 Å². The van der Waals surface area contributed by atoms with Gasteiger partial charge in [-0.2, -0.15) is 4.37 Å². The highest BCUT2D eigenvalue weighted by Crippen LogP contribution is 2.23. The molecule has 1 N–H and O–H groups in total. The number of nitrogens with zero attached hydrogens (tertiary/aromatic N) is 5. The van der Waals surface area contributed by atoms with Gasteiger partial charge < -0.3 is 15.0 Å². The molecule has 0 amide bonds. The van der Waals surface area contributed by atoms with Crippen molar-refractivity contribution in [2.24, 2.45) is 0 Å². The number of nitrogens with one attached hydrogen (secondary N) is 1. The molecule has 1 saturated heterocycles. The number of ether oxygens (including phenoxy) is 1. The molecule has 1 aliphatic heterocycles. The van der Waals surface area contributed by atoms with E-state index < -0.39 is 0 Å². The maximum atomic E-state index is 5.07. The van der Waals surface area contributed by atoms with Crippen LogP contribution in [0.15, 0.2) is 18.6 Å². The number of aromatic nitrogens is 4. The minimum Gasteiger partial charge on any atom is -0.384 e. The molecule has 1 aliphatic rings. The molecule has 22 heavy (non-hydrogen) atoms. The molecule has 2 aromatic rings. The van der Waals surface area contributed by atoms with Crippen molar-refractivity contribution in [1.29, 1.82) is 0 Å². The standard InChI is InChI=1S/C14H20N6OS/c1-21-8-5-13-18-14(22-19-13)20-7-2-3-11(9-20)17-12-4-6-15-10-16-12/h4,6,10-11H,2-3,5,7-9H2,1H3,(H,15,16,17). The number of rotatable bonds is 6. The summed E-state index contributed by atoms with van der Waals surface area (Å²) in [6.07, 6.45) is 6.35. The largest absolute Gasteiger partial charge is 0.384 e. The zero-order valence-electron chi connectivity index (χ0n) is 12.6. The molecule has 118 valence electrons. The highest BCUT2D eigenvalue weighted by molar-refractivity contribution is 7.09. The van der Waals surface area contributed by atoms with Gasteiger partial charge in [-0.3, -0.25) is 0 Å². The van der Waals surface area contributed by atoms with Crippen LogP contribution in [0.25, 0.3) is 0 Å². The smallest absolute Gasteiger partial charge is 0.205 e. The first-order valence-electron chi connectivity index (χ1n) is 7.44. The van der Waals surface area contributed by atoms with E-state index in [-0.39, 0.29) is 0 Å². The van der Waals surface area contributed by atoms with Gasteiger partial charge in [0.1, 0.15) is 18.0 Å². The quantitative estimate of drug-likeness (QED) is 0.866. The Kier molecular flexibility index (Phi) is 5.12. The zero-order chi connectivity index (χ0) is 15.2. The van der Waals surface area contributed by atoms with Crippen LogP contribution in [0, 0.1) is 0 Å². The third-order valence-corrected chi connectivity index (χ3v) is 4.43. The van der Waals surface area contributed by atoms with Crippen LogP contribution in [0.4, 0.5) is 10.9 Å². The normalized spacial score (nSPS) is 18.4. The number of hydrogen-bond acceptors (Lipinski definition) is 8. The van der Waals surface area contributed by atoms with Gasteiger partial charge in [-0.05, 0) is 18.9 Å². The molecule has 3 heterocycles. The minimum atomic E-state index is 0.370. The van der Waals surface area contributed by atoms with Crippen molar-refractivity contribution < 1.29 is 4.74 Å². The molecular weight excluding hydrogens is 300 g/mol. The SMILES string of the molecule is COCCc1nsc(N2CCCC(Nc3ccncn3)C2)n1. The lowest BCUT2D eigenvalue weighted by Crippen LogP contribution is -2.42. The number of anilines is 2. The van der Waals surface area contributed by atoms with E-state index in [0.29, 0.717) is 12.6 Å². The Balaban J connectivity index is 1.59. The topological polar surface area (TPSA) is 76.1 Å². The van der Waals surface area contributed by atoms with Crippen LogP contribution in [0.3, 0.4) is 0 Å². The van der Waals surface area contributed by atoms with Crippen molar-refractivity contribution in [2.75, 3.05) is 37.0 Å². The monoisotopic (exact) mass is 320 g/mol. The molecule has 0 radical (unpaired) electrons. The fourth-order valence-corrected chi connectivity index (χ4v) is 3.27. The van der Waals surface area contributed by atoms with Crippen LogP contribution in [0.5, 0.6) is 0 Å². The van der Waals surface area contributed by atoms with Gasteiger partial charge in [-0.1, -0.05) is 0 Å². The molecule has 0 spiro atoms. The van der Waals surface area contributed by atoms with Crippen LogP contribution in [0.1, 0.15) is 18.7 Å². The van der Waals surface area contributed by atoms with Crippen molar-refractivity contribution in [3.63, 3.8) is 0 Å². The summed E-state index contributed by atoms with van der Waals surface area (Å²) in [5.41, 5.74) is 0. The molecule has 1 atom stereocenters. The number of hydrogen-bond donors (Lipinski definition) is 1. The summed E-state index contributed by atoms with van der Waals surface area (Å²) in [5.74, 6) is 1.74. The van der Waals surface area contributed by atoms with E-state index in [9.17, 15) is 0 Å². The van der Waals surface area contributed by atoms with E-state index in [0.717, 1.165) is 49.1 Å². The predicted octanol–water partition coefficient (Wildman–Crippen LogP) is 1.60. The van der Waals surface area contributed by atoms with Crippen molar-refractivity contribution in [3.8, 4) is 0 Å². The van der Waals surface area contributed by atoms with E-state index in [1.165, 1.54) is 11.5 Å². The molecule has 2 aromatic heterocycles. The first-order valence-corrected chi connectivity index (χ1v) is 8.21. The second-order valence-electron chi connectivity index (χ2n) is 5.26.